The van der Waals surface area contributed by atoms with Crippen molar-refractivity contribution >= 4 is 5.97 Å². The molecule has 0 bridgehead atoms. The summed E-state index contributed by atoms with van der Waals surface area (Å²) in [4.78, 5) is 10.9. The monoisotopic (exact) mass is 202 g/mol. The van der Waals surface area contributed by atoms with Crippen LogP contribution in [0.3, 0.4) is 0 Å². The molecule has 0 heterocycles. The summed E-state index contributed by atoms with van der Waals surface area (Å²) in [6, 6.07) is -0.457. The number of nitrogens with one attached hydrogen (secondary N) is 1. The first-order valence-corrected chi connectivity index (χ1v) is 5.07. The van der Waals surface area contributed by atoms with Crippen molar-refractivity contribution in [3.05, 3.63) is 0 Å². The van der Waals surface area contributed by atoms with Crippen LogP contribution in [-0.2, 0) is 4.79 Å². The topological polar surface area (TPSA) is 75.3 Å². The number of hydrogen-bond acceptors (Lipinski definition) is 3. The Labute approximate surface area is 85.9 Å². The minimum Gasteiger partial charge on any atom is -0.480 e. The lowest BCUT2D eigenvalue weighted by molar-refractivity contribution is -0.140. The number of nitrogens with two attached hydrogens (primary N) is 1. The van der Waals surface area contributed by atoms with Crippen LogP contribution in [0.25, 0.3) is 0 Å². The normalized spacial score (nSPS) is 14.0. The van der Waals surface area contributed by atoms with E-state index in [4.69, 9.17) is 10.8 Å². The Morgan fingerprint density at radius 1 is 1.43 bits per heavy atom. The minimum atomic E-state index is -0.781. The first-order chi connectivity index (χ1) is 6.37. The average Bonchev–Trinajstić information content (AvgIpc) is 2.00. The van der Waals surface area contributed by atoms with Gasteiger partial charge in [-0.15, -0.1) is 0 Å². The molecule has 4 nitrogen and oxygen atoms in total. The third-order valence-corrected chi connectivity index (χ3v) is 1.85. The molecule has 0 aliphatic carbocycles. The molecule has 0 unspecified atom stereocenters. The van der Waals surface area contributed by atoms with Crippen LogP contribution in [-0.4, -0.2) is 29.2 Å². The van der Waals surface area contributed by atoms with E-state index in [9.17, 15) is 4.79 Å². The SMILES string of the molecule is CC(C)(C)N[C@H](CCCCN)C(=O)O. The van der Waals surface area contributed by atoms with E-state index in [1.54, 1.807) is 0 Å². The lowest BCUT2D eigenvalue weighted by Crippen LogP contribution is -2.47. The Hall–Kier alpha value is -0.610. The molecule has 1 atom stereocenters. The van der Waals surface area contributed by atoms with Gasteiger partial charge in [0.15, 0.2) is 0 Å². The van der Waals surface area contributed by atoms with Crippen molar-refractivity contribution in [3.8, 4) is 0 Å². The number of rotatable bonds is 6. The van der Waals surface area contributed by atoms with Crippen LogP contribution in [0.4, 0.5) is 0 Å². The molecule has 0 aromatic rings. The van der Waals surface area contributed by atoms with E-state index >= 15 is 0 Å². The second kappa shape index (κ2) is 5.98. The maximum absolute atomic E-state index is 10.9. The average molecular weight is 202 g/mol. The zero-order valence-corrected chi connectivity index (χ0v) is 9.34. The highest BCUT2D eigenvalue weighted by atomic mass is 16.4. The molecule has 0 aromatic carbocycles. The Kier molecular flexibility index (Phi) is 5.72. The molecule has 0 aliphatic rings. The van der Waals surface area contributed by atoms with Gasteiger partial charge < -0.3 is 10.8 Å². The van der Waals surface area contributed by atoms with Crippen LogP contribution >= 0.6 is 0 Å². The Bertz CT molecular complexity index is 175. The molecule has 0 spiro atoms. The van der Waals surface area contributed by atoms with Crippen molar-refractivity contribution in [2.75, 3.05) is 6.54 Å². The largest absolute Gasteiger partial charge is 0.480 e. The summed E-state index contributed by atoms with van der Waals surface area (Å²) in [5.41, 5.74) is 5.19. The fraction of sp³-hybridized carbons (Fsp3) is 0.900. The maximum Gasteiger partial charge on any atom is 0.320 e. The Morgan fingerprint density at radius 3 is 2.36 bits per heavy atom. The molecule has 0 saturated heterocycles. The van der Waals surface area contributed by atoms with Crippen molar-refractivity contribution in [1.82, 2.24) is 5.32 Å². The van der Waals surface area contributed by atoms with Gasteiger partial charge in [-0.1, -0.05) is 6.42 Å². The van der Waals surface area contributed by atoms with Gasteiger partial charge in [0.1, 0.15) is 6.04 Å². The van der Waals surface area contributed by atoms with E-state index in [-0.39, 0.29) is 5.54 Å². The smallest absolute Gasteiger partial charge is 0.320 e. The number of aliphatic carboxylic acids is 1. The van der Waals surface area contributed by atoms with Gasteiger partial charge in [-0.05, 0) is 40.2 Å². The van der Waals surface area contributed by atoms with Gasteiger partial charge in [-0.25, -0.2) is 0 Å². The summed E-state index contributed by atoms with van der Waals surface area (Å²) in [5.74, 6) is -0.781. The number of hydrogen-bond donors (Lipinski definition) is 3. The van der Waals surface area contributed by atoms with Crippen molar-refractivity contribution in [2.45, 2.75) is 51.6 Å². The van der Waals surface area contributed by atoms with Gasteiger partial charge in [-0.3, -0.25) is 10.1 Å². The number of carboxylic acids is 1. The number of unbranched alkanes of at least 4 members (excludes halogenated alkanes) is 1. The predicted octanol–water partition coefficient (Wildman–Crippen LogP) is 0.957. The van der Waals surface area contributed by atoms with Gasteiger partial charge >= 0.3 is 5.97 Å². The third-order valence-electron chi connectivity index (χ3n) is 1.85. The highest BCUT2D eigenvalue weighted by Gasteiger charge is 2.22. The first kappa shape index (κ1) is 13.4. The highest BCUT2D eigenvalue weighted by Crippen LogP contribution is 2.07. The molecule has 4 heteroatoms. The minimum absolute atomic E-state index is 0.161. The predicted molar refractivity (Wildman–Crippen MR) is 57.2 cm³/mol. The molecular weight excluding hydrogens is 180 g/mol. The van der Waals surface area contributed by atoms with Crippen LogP contribution in [0, 0.1) is 0 Å². The van der Waals surface area contributed by atoms with Crippen molar-refractivity contribution in [1.29, 1.82) is 0 Å². The summed E-state index contributed by atoms with van der Waals surface area (Å²) in [7, 11) is 0. The van der Waals surface area contributed by atoms with E-state index < -0.39 is 12.0 Å². The van der Waals surface area contributed by atoms with Gasteiger partial charge in [0.05, 0.1) is 0 Å². The zero-order valence-electron chi connectivity index (χ0n) is 9.34. The summed E-state index contributed by atoms with van der Waals surface area (Å²) in [5, 5.41) is 12.0. The van der Waals surface area contributed by atoms with E-state index in [1.807, 2.05) is 20.8 Å². The van der Waals surface area contributed by atoms with Gasteiger partial charge in [0, 0.05) is 5.54 Å². The van der Waals surface area contributed by atoms with E-state index in [1.165, 1.54) is 0 Å². The number of carboxylic acid groups (broad SMARTS) is 1. The highest BCUT2D eigenvalue weighted by molar-refractivity contribution is 5.73. The number of carbonyl (C=O) groups is 1. The van der Waals surface area contributed by atoms with Crippen LogP contribution in [0.5, 0.6) is 0 Å². The van der Waals surface area contributed by atoms with Crippen molar-refractivity contribution in [2.24, 2.45) is 5.73 Å². The summed E-state index contributed by atoms with van der Waals surface area (Å²) < 4.78 is 0. The molecule has 0 saturated carbocycles. The van der Waals surface area contributed by atoms with E-state index in [2.05, 4.69) is 5.32 Å². The molecule has 84 valence electrons. The summed E-state index contributed by atoms with van der Waals surface area (Å²) in [6.45, 7) is 6.52. The second-order valence-corrected chi connectivity index (χ2v) is 4.57. The molecule has 4 N–H and O–H groups in total. The molecule has 0 aromatic heterocycles. The zero-order chi connectivity index (χ0) is 11.2. The van der Waals surface area contributed by atoms with Gasteiger partial charge in [0.2, 0.25) is 0 Å². The van der Waals surface area contributed by atoms with Gasteiger partial charge in [0.25, 0.3) is 0 Å². The van der Waals surface area contributed by atoms with E-state index in [0.717, 1.165) is 12.8 Å². The van der Waals surface area contributed by atoms with Crippen molar-refractivity contribution in [3.63, 3.8) is 0 Å². The van der Waals surface area contributed by atoms with Crippen LogP contribution < -0.4 is 11.1 Å². The van der Waals surface area contributed by atoms with Crippen LogP contribution in [0.2, 0.25) is 0 Å². The van der Waals surface area contributed by atoms with Crippen molar-refractivity contribution < 1.29 is 9.90 Å². The fourth-order valence-electron chi connectivity index (χ4n) is 1.27. The molecule has 14 heavy (non-hydrogen) atoms. The lowest BCUT2D eigenvalue weighted by atomic mass is 10.0. The van der Waals surface area contributed by atoms with Crippen LogP contribution in [0.15, 0.2) is 0 Å². The first-order valence-electron chi connectivity index (χ1n) is 5.07. The third kappa shape index (κ3) is 6.86. The molecule has 0 rings (SSSR count). The van der Waals surface area contributed by atoms with E-state index in [0.29, 0.717) is 13.0 Å². The molecule has 0 amide bonds. The Balaban J connectivity index is 3.97. The summed E-state index contributed by atoms with van der Waals surface area (Å²) in [6.07, 6.45) is 2.38. The maximum atomic E-state index is 10.9. The molecule has 0 radical (unpaired) electrons. The lowest BCUT2D eigenvalue weighted by Gasteiger charge is -2.25. The Morgan fingerprint density at radius 2 is 2.00 bits per heavy atom. The molecule has 0 aliphatic heterocycles. The standard InChI is InChI=1S/C10H22N2O2/c1-10(2,3)12-8(9(13)14)6-4-5-7-11/h8,12H,4-7,11H2,1-3H3,(H,13,14)/t8-/m1/s1. The van der Waals surface area contributed by atoms with Crippen LogP contribution in [0.1, 0.15) is 40.0 Å². The fourth-order valence-corrected chi connectivity index (χ4v) is 1.27. The summed E-state index contributed by atoms with van der Waals surface area (Å²) >= 11 is 0. The van der Waals surface area contributed by atoms with Gasteiger partial charge in [-0.2, -0.15) is 0 Å². The molecule has 0 fully saturated rings. The quantitative estimate of drug-likeness (QED) is 0.561. The molecular formula is C10H22N2O2. The second-order valence-electron chi connectivity index (χ2n) is 4.57.